The summed E-state index contributed by atoms with van der Waals surface area (Å²) < 4.78 is 0. The molecule has 0 saturated heterocycles. The Labute approximate surface area is 136 Å². The molecule has 0 radical (unpaired) electrons. The largest absolute Gasteiger partial charge is 3.00 e. The van der Waals surface area contributed by atoms with E-state index in [9.17, 15) is 0 Å². The maximum atomic E-state index is 7.13. The van der Waals surface area contributed by atoms with Crippen LogP contribution in [0, 0.1) is 6.07 Å². The van der Waals surface area contributed by atoms with Crippen molar-refractivity contribution in [1.29, 1.82) is 0 Å². The predicted octanol–water partition coefficient (Wildman–Crippen LogP) is 3.86. The van der Waals surface area contributed by atoms with Crippen molar-refractivity contribution in [2.24, 2.45) is 0 Å². The second kappa shape index (κ2) is 14.7. The number of benzene rings is 1. The van der Waals surface area contributed by atoms with Gasteiger partial charge in [0, 0.05) is 6.20 Å². The average Bonchev–Trinajstić information content (AvgIpc) is 2.43. The third kappa shape index (κ3) is 10.2. The van der Waals surface area contributed by atoms with E-state index in [0.717, 1.165) is 11.3 Å². The molecule has 0 saturated carbocycles. The zero-order valence-corrected chi connectivity index (χ0v) is 13.6. The molecule has 0 spiro atoms. The molecule has 2 rings (SSSR count). The molecular formula is C13H8IrN3S2. The van der Waals surface area contributed by atoms with Crippen molar-refractivity contribution >= 4 is 34.8 Å². The summed E-state index contributed by atoms with van der Waals surface area (Å²) in [6, 6.07) is 16.8. The van der Waals surface area contributed by atoms with Crippen LogP contribution in [0.5, 0.6) is 0 Å². The van der Waals surface area contributed by atoms with Gasteiger partial charge in [0.05, 0.1) is 0 Å². The van der Waals surface area contributed by atoms with Crippen LogP contribution in [0.3, 0.4) is 0 Å². The fraction of sp³-hybridized carbons (Fsp3) is 0. The molecule has 19 heavy (non-hydrogen) atoms. The van der Waals surface area contributed by atoms with Gasteiger partial charge in [-0.1, -0.05) is 36.6 Å². The smallest absolute Gasteiger partial charge is 0.753 e. The van der Waals surface area contributed by atoms with Gasteiger partial charge < -0.3 is 15.8 Å². The van der Waals surface area contributed by atoms with Crippen LogP contribution in [0.2, 0.25) is 0 Å². The summed E-state index contributed by atoms with van der Waals surface area (Å²) in [5, 5.41) is 16.9. The van der Waals surface area contributed by atoms with E-state index in [-0.39, 0.29) is 20.1 Å². The van der Waals surface area contributed by atoms with Gasteiger partial charge in [0.25, 0.3) is 0 Å². The molecule has 3 nitrogen and oxygen atoms in total. The Kier molecular flexibility index (Phi) is 15.4. The molecule has 0 unspecified atom stereocenters. The number of hydrogen-bond donors (Lipinski definition) is 0. The molecule has 1 aromatic carbocycles. The number of aromatic nitrogens is 1. The average molecular weight is 463 g/mol. The van der Waals surface area contributed by atoms with Crippen LogP contribution in [-0.4, -0.2) is 15.3 Å². The van der Waals surface area contributed by atoms with Gasteiger partial charge in [-0.2, -0.15) is 10.3 Å². The van der Waals surface area contributed by atoms with E-state index in [1.54, 1.807) is 6.20 Å². The summed E-state index contributed by atoms with van der Waals surface area (Å²) in [6.07, 6.45) is 1.79. The van der Waals surface area contributed by atoms with Crippen molar-refractivity contribution in [2.75, 3.05) is 0 Å². The second-order valence-corrected chi connectivity index (χ2v) is 3.04. The molecule has 6 heteroatoms. The molecule has 1 heterocycles. The Morgan fingerprint density at radius 3 is 2.00 bits per heavy atom. The molecule has 1 aromatic heterocycles. The Balaban J connectivity index is 0. The van der Waals surface area contributed by atoms with Gasteiger partial charge in [0.2, 0.25) is 0 Å². The van der Waals surface area contributed by atoms with Crippen LogP contribution in [0.1, 0.15) is 0 Å². The standard InChI is InChI=1S/C11H8N.2CNS.Ir/c1-2-6-10(7-3-1)11-8-4-5-9-12-11;2*2-1-3;/h1-6,8-9H;;;/q3*-1;+3. The molecule has 0 fully saturated rings. The number of isothiocyanates is 2. The minimum absolute atomic E-state index is 0. The number of pyridine rings is 1. The third-order valence-electron chi connectivity index (χ3n) is 1.65. The monoisotopic (exact) mass is 463 g/mol. The number of thiocarbonyl (C=S) groups is 2. The van der Waals surface area contributed by atoms with Crippen molar-refractivity contribution in [3.8, 4) is 11.3 Å². The summed E-state index contributed by atoms with van der Waals surface area (Å²) in [5.41, 5.74) is 2.01. The molecule has 0 aliphatic carbocycles. The maximum Gasteiger partial charge on any atom is 3.00 e. The van der Waals surface area contributed by atoms with E-state index in [0.29, 0.717) is 0 Å². The summed E-state index contributed by atoms with van der Waals surface area (Å²) in [7, 11) is 0. The molecule has 0 bridgehead atoms. The van der Waals surface area contributed by atoms with Crippen LogP contribution in [0.25, 0.3) is 22.1 Å². The summed E-state index contributed by atoms with van der Waals surface area (Å²) in [4.78, 5) is 4.22. The second-order valence-electron chi connectivity index (χ2n) is 2.67. The molecule has 0 amide bonds. The topological polar surface area (TPSA) is 57.5 Å². The fourth-order valence-corrected chi connectivity index (χ4v) is 1.07. The molecular weight excluding hydrogens is 455 g/mol. The zero-order valence-electron chi connectivity index (χ0n) is 9.61. The Hall–Kier alpha value is -1.38. The van der Waals surface area contributed by atoms with Crippen LogP contribution < -0.4 is 0 Å². The molecule has 0 atom stereocenters. The summed E-state index contributed by atoms with van der Waals surface area (Å²) >= 11 is 7.40. The van der Waals surface area contributed by atoms with Crippen molar-refractivity contribution in [2.45, 2.75) is 0 Å². The number of hydrogen-bond acceptors (Lipinski definition) is 3. The van der Waals surface area contributed by atoms with Crippen LogP contribution in [0.15, 0.2) is 48.7 Å². The van der Waals surface area contributed by atoms with Gasteiger partial charge in [-0.3, -0.25) is 0 Å². The van der Waals surface area contributed by atoms with E-state index >= 15 is 0 Å². The summed E-state index contributed by atoms with van der Waals surface area (Å²) in [6.45, 7) is 0. The van der Waals surface area contributed by atoms with Crippen molar-refractivity contribution in [3.05, 3.63) is 65.5 Å². The molecule has 0 aliphatic heterocycles. The minimum Gasteiger partial charge on any atom is -0.753 e. The van der Waals surface area contributed by atoms with Gasteiger partial charge >= 0.3 is 20.1 Å². The van der Waals surface area contributed by atoms with E-state index in [2.05, 4.69) is 35.5 Å². The first-order chi connectivity index (χ1) is 8.79. The van der Waals surface area contributed by atoms with Gasteiger partial charge in [-0.15, -0.1) is 35.9 Å². The first-order valence-electron chi connectivity index (χ1n) is 4.70. The first kappa shape index (κ1) is 19.9. The van der Waals surface area contributed by atoms with Crippen molar-refractivity contribution in [3.63, 3.8) is 0 Å². The normalized spacial score (nSPS) is 6.95. The Morgan fingerprint density at radius 1 is 1.00 bits per heavy atom. The van der Waals surface area contributed by atoms with Gasteiger partial charge in [-0.25, -0.2) is 0 Å². The van der Waals surface area contributed by atoms with Crippen molar-refractivity contribution in [1.82, 2.24) is 4.98 Å². The molecule has 0 aliphatic rings. The molecule has 2 aromatic rings. The zero-order chi connectivity index (χ0) is 13.6. The SMILES string of the molecule is [Ir+3].[N-]=C=S.[N-]=C=S.[c-]1ccccc1-c1ccccn1. The molecule has 96 valence electrons. The van der Waals surface area contributed by atoms with Gasteiger partial charge in [0.1, 0.15) is 0 Å². The Bertz CT molecular complexity index is 456. The quantitative estimate of drug-likeness (QED) is 0.367. The first-order valence-corrected chi connectivity index (χ1v) is 5.52. The summed E-state index contributed by atoms with van der Waals surface area (Å²) in [5.74, 6) is 0. The van der Waals surface area contributed by atoms with Gasteiger partial charge in [-0.05, 0) is 11.8 Å². The van der Waals surface area contributed by atoms with E-state index in [4.69, 9.17) is 10.8 Å². The molecule has 0 N–H and O–H groups in total. The fourth-order valence-electron chi connectivity index (χ4n) is 1.07. The van der Waals surface area contributed by atoms with E-state index in [1.807, 2.05) is 42.5 Å². The van der Waals surface area contributed by atoms with Gasteiger partial charge in [0.15, 0.2) is 0 Å². The Morgan fingerprint density at radius 2 is 1.58 bits per heavy atom. The minimum atomic E-state index is 0. The van der Waals surface area contributed by atoms with Crippen LogP contribution in [0.4, 0.5) is 0 Å². The number of rotatable bonds is 1. The van der Waals surface area contributed by atoms with E-state index in [1.165, 1.54) is 10.3 Å². The van der Waals surface area contributed by atoms with Crippen molar-refractivity contribution < 1.29 is 20.1 Å². The maximum absolute atomic E-state index is 7.13. The number of nitrogens with zero attached hydrogens (tertiary/aromatic N) is 3. The third-order valence-corrected chi connectivity index (χ3v) is 1.65. The predicted molar refractivity (Wildman–Crippen MR) is 80.4 cm³/mol. The van der Waals surface area contributed by atoms with E-state index < -0.39 is 0 Å². The van der Waals surface area contributed by atoms with Crippen LogP contribution in [-0.2, 0) is 20.1 Å². The van der Waals surface area contributed by atoms with Crippen LogP contribution >= 0.6 is 24.4 Å².